The molecule has 0 aromatic rings. The van der Waals surface area contributed by atoms with Gasteiger partial charge in [0.05, 0.1) is 6.42 Å². The zero-order valence-electron chi connectivity index (χ0n) is 12.6. The number of carbonyl (C=O) groups excluding carboxylic acids is 1. The third-order valence-electron chi connectivity index (χ3n) is 3.25. The molecular formula is C16H31O2S. The molecule has 0 bridgehead atoms. The first-order valence-corrected chi connectivity index (χ1v) is 8.99. The van der Waals surface area contributed by atoms with Crippen molar-refractivity contribution in [3.05, 3.63) is 7.11 Å². The number of ether oxygens (including phenoxy) is 1. The molecule has 0 aliphatic heterocycles. The Labute approximate surface area is 124 Å². The summed E-state index contributed by atoms with van der Waals surface area (Å²) in [6.45, 7) is 2.26. The van der Waals surface area contributed by atoms with E-state index in [2.05, 4.69) is 18.8 Å². The number of hydrogen-bond acceptors (Lipinski definition) is 3. The van der Waals surface area contributed by atoms with E-state index < -0.39 is 0 Å². The Morgan fingerprint density at radius 1 is 0.895 bits per heavy atom. The van der Waals surface area contributed by atoms with Gasteiger partial charge in [-0.1, -0.05) is 64.7 Å². The minimum atomic E-state index is -0.199. The molecule has 2 nitrogen and oxygen atoms in total. The molecule has 0 spiro atoms. The quantitative estimate of drug-likeness (QED) is 0.317. The largest absolute Gasteiger partial charge is 0.462 e. The smallest absolute Gasteiger partial charge is 0.306 e. The van der Waals surface area contributed by atoms with Crippen LogP contribution in [-0.2, 0) is 9.53 Å². The second-order valence-electron chi connectivity index (χ2n) is 5.06. The maximum atomic E-state index is 10.8. The van der Waals surface area contributed by atoms with Crippen molar-refractivity contribution >= 4 is 17.7 Å². The van der Waals surface area contributed by atoms with Gasteiger partial charge in [0.25, 0.3) is 0 Å². The van der Waals surface area contributed by atoms with Crippen LogP contribution >= 0.6 is 11.8 Å². The summed E-state index contributed by atoms with van der Waals surface area (Å²) in [5.41, 5.74) is 0. The Morgan fingerprint density at radius 2 is 1.42 bits per heavy atom. The van der Waals surface area contributed by atoms with E-state index in [0.717, 1.165) is 5.75 Å². The van der Waals surface area contributed by atoms with E-state index in [4.69, 9.17) is 0 Å². The van der Waals surface area contributed by atoms with Crippen molar-refractivity contribution in [3.8, 4) is 0 Å². The van der Waals surface area contributed by atoms with Gasteiger partial charge in [-0.2, -0.15) is 11.8 Å². The minimum Gasteiger partial charge on any atom is -0.462 e. The van der Waals surface area contributed by atoms with E-state index in [9.17, 15) is 4.79 Å². The van der Waals surface area contributed by atoms with Crippen molar-refractivity contribution in [2.45, 2.75) is 77.6 Å². The van der Waals surface area contributed by atoms with Gasteiger partial charge in [-0.25, -0.2) is 0 Å². The molecule has 1 radical (unpaired) electrons. The topological polar surface area (TPSA) is 26.3 Å². The average Bonchev–Trinajstić information content (AvgIpc) is 2.43. The maximum Gasteiger partial charge on any atom is 0.306 e. The Hall–Kier alpha value is -0.180. The summed E-state index contributed by atoms with van der Waals surface area (Å²) in [4.78, 5) is 10.8. The monoisotopic (exact) mass is 287 g/mol. The van der Waals surface area contributed by atoms with Gasteiger partial charge in [-0.15, -0.1) is 0 Å². The molecule has 0 aliphatic rings. The van der Waals surface area contributed by atoms with Gasteiger partial charge in [0.1, 0.15) is 7.11 Å². The van der Waals surface area contributed by atoms with Crippen molar-refractivity contribution < 1.29 is 9.53 Å². The molecule has 0 fully saturated rings. The highest BCUT2D eigenvalue weighted by Gasteiger charge is 1.99. The molecule has 19 heavy (non-hydrogen) atoms. The van der Waals surface area contributed by atoms with Crippen molar-refractivity contribution in [1.29, 1.82) is 0 Å². The van der Waals surface area contributed by atoms with Gasteiger partial charge in [0, 0.05) is 5.75 Å². The Balaban J connectivity index is 2.97. The molecule has 3 heteroatoms. The lowest BCUT2D eigenvalue weighted by molar-refractivity contribution is -0.137. The lowest BCUT2D eigenvalue weighted by Crippen LogP contribution is -2.00. The van der Waals surface area contributed by atoms with Crippen LogP contribution in [0.1, 0.15) is 77.6 Å². The maximum absolute atomic E-state index is 10.8. The number of unbranched alkanes of at least 4 members (excludes halogenated alkanes) is 9. The van der Waals surface area contributed by atoms with E-state index in [1.54, 1.807) is 0 Å². The fourth-order valence-electron chi connectivity index (χ4n) is 2.02. The fraction of sp³-hybridized carbons (Fsp3) is 0.875. The van der Waals surface area contributed by atoms with E-state index >= 15 is 0 Å². The summed E-state index contributed by atoms with van der Waals surface area (Å²) in [7, 11) is 3.11. The third-order valence-corrected chi connectivity index (χ3v) is 4.32. The third kappa shape index (κ3) is 15.8. The second-order valence-corrected chi connectivity index (χ2v) is 6.29. The van der Waals surface area contributed by atoms with Gasteiger partial charge in [-0.3, -0.25) is 4.79 Å². The van der Waals surface area contributed by atoms with Crippen LogP contribution in [0.25, 0.3) is 0 Å². The molecular weight excluding hydrogens is 256 g/mol. The molecule has 0 saturated carbocycles. The standard InChI is InChI=1S/C16H31O2S/c1-3-4-5-6-7-8-9-10-11-12-14-19-15-13-16(17)18-2/h2-15H2,1H3. The molecule has 0 saturated heterocycles. The Morgan fingerprint density at radius 3 is 1.95 bits per heavy atom. The van der Waals surface area contributed by atoms with E-state index in [0.29, 0.717) is 6.42 Å². The molecule has 0 rings (SSSR count). The highest BCUT2D eigenvalue weighted by atomic mass is 32.2. The minimum absolute atomic E-state index is 0.199. The van der Waals surface area contributed by atoms with Crippen LogP contribution in [-0.4, -0.2) is 17.5 Å². The van der Waals surface area contributed by atoms with Crippen LogP contribution in [0.4, 0.5) is 0 Å². The summed E-state index contributed by atoms with van der Waals surface area (Å²) in [5.74, 6) is 1.84. The first-order valence-electron chi connectivity index (χ1n) is 7.83. The van der Waals surface area contributed by atoms with Crippen LogP contribution < -0.4 is 0 Å². The van der Waals surface area contributed by atoms with Crippen LogP contribution in [0.3, 0.4) is 0 Å². The molecule has 0 N–H and O–H groups in total. The zero-order chi connectivity index (χ0) is 14.2. The van der Waals surface area contributed by atoms with Crippen molar-refractivity contribution in [2.75, 3.05) is 11.5 Å². The van der Waals surface area contributed by atoms with E-state index in [1.165, 1.54) is 70.0 Å². The Kier molecular flexibility index (Phi) is 15.7. The lowest BCUT2D eigenvalue weighted by atomic mass is 10.1. The van der Waals surface area contributed by atoms with Crippen LogP contribution in [0.15, 0.2) is 0 Å². The predicted molar refractivity (Wildman–Crippen MR) is 85.2 cm³/mol. The predicted octanol–water partition coefficient (Wildman–Crippen LogP) is 5.37. The highest BCUT2D eigenvalue weighted by molar-refractivity contribution is 7.99. The SMILES string of the molecule is [CH2]OC(=O)CCSCCCCCCCCCCCC. The van der Waals surface area contributed by atoms with Crippen molar-refractivity contribution in [2.24, 2.45) is 0 Å². The second kappa shape index (κ2) is 15.9. The van der Waals surface area contributed by atoms with Crippen LogP contribution in [0, 0.1) is 7.11 Å². The van der Waals surface area contributed by atoms with Gasteiger partial charge >= 0.3 is 5.97 Å². The Bertz CT molecular complexity index is 195. The van der Waals surface area contributed by atoms with Crippen LogP contribution in [0.5, 0.6) is 0 Å². The molecule has 0 atom stereocenters. The fourth-order valence-corrected chi connectivity index (χ4v) is 2.94. The normalized spacial score (nSPS) is 10.6. The average molecular weight is 287 g/mol. The van der Waals surface area contributed by atoms with Gasteiger partial charge in [0.15, 0.2) is 0 Å². The number of carbonyl (C=O) groups is 1. The number of esters is 1. The van der Waals surface area contributed by atoms with Crippen LogP contribution in [0.2, 0.25) is 0 Å². The summed E-state index contributed by atoms with van der Waals surface area (Å²) in [5, 5.41) is 0. The first-order chi connectivity index (χ1) is 9.31. The molecule has 0 aliphatic carbocycles. The number of rotatable bonds is 14. The van der Waals surface area contributed by atoms with E-state index in [1.807, 2.05) is 11.8 Å². The van der Waals surface area contributed by atoms with E-state index in [-0.39, 0.29) is 5.97 Å². The van der Waals surface area contributed by atoms with Gasteiger partial charge in [-0.05, 0) is 12.2 Å². The van der Waals surface area contributed by atoms with Gasteiger partial charge in [0.2, 0.25) is 0 Å². The van der Waals surface area contributed by atoms with Crippen molar-refractivity contribution in [1.82, 2.24) is 0 Å². The molecule has 0 heterocycles. The number of thioether (sulfide) groups is 1. The summed E-state index contributed by atoms with van der Waals surface area (Å²) in [6, 6.07) is 0. The summed E-state index contributed by atoms with van der Waals surface area (Å²) < 4.78 is 4.35. The first kappa shape index (κ1) is 18.8. The lowest BCUT2D eigenvalue weighted by Gasteiger charge is -2.02. The van der Waals surface area contributed by atoms with Crippen molar-refractivity contribution in [3.63, 3.8) is 0 Å². The molecule has 0 unspecified atom stereocenters. The van der Waals surface area contributed by atoms with Gasteiger partial charge < -0.3 is 4.74 Å². The molecule has 0 amide bonds. The molecule has 113 valence electrons. The summed E-state index contributed by atoms with van der Waals surface area (Å²) in [6.07, 6.45) is 14.3. The molecule has 0 aromatic carbocycles. The molecule has 0 aromatic heterocycles. The number of hydrogen-bond donors (Lipinski definition) is 0. The summed E-state index contributed by atoms with van der Waals surface area (Å²) >= 11 is 1.85. The zero-order valence-corrected chi connectivity index (χ0v) is 13.4. The highest BCUT2D eigenvalue weighted by Crippen LogP contribution is 2.12.